The van der Waals surface area contributed by atoms with Gasteiger partial charge in [-0.05, 0) is 24.6 Å². The number of aromatic amines is 1. The molecule has 0 fully saturated rings. The molecular weight excluding hydrogens is 254 g/mol. The van der Waals surface area contributed by atoms with Crippen LogP contribution in [0.25, 0.3) is 11.2 Å². The van der Waals surface area contributed by atoms with E-state index < -0.39 is 0 Å². The van der Waals surface area contributed by atoms with Gasteiger partial charge in [-0.25, -0.2) is 4.98 Å². The zero-order valence-electron chi connectivity index (χ0n) is 11.3. The van der Waals surface area contributed by atoms with Crippen molar-refractivity contribution in [3.8, 4) is 0 Å². The Morgan fingerprint density at radius 3 is 2.75 bits per heavy atom. The Kier molecular flexibility index (Phi) is 3.16. The number of H-pyrrole nitrogens is 1. The summed E-state index contributed by atoms with van der Waals surface area (Å²) in [6.45, 7) is 2.07. The highest BCUT2D eigenvalue weighted by molar-refractivity contribution is 5.83. The van der Waals surface area contributed by atoms with Gasteiger partial charge in [-0.1, -0.05) is 0 Å². The molecule has 1 unspecified atom stereocenters. The van der Waals surface area contributed by atoms with E-state index in [1.54, 1.807) is 25.8 Å². The van der Waals surface area contributed by atoms with Gasteiger partial charge in [0, 0.05) is 19.4 Å². The Morgan fingerprint density at radius 2 is 2.00 bits per heavy atom. The third-order valence-electron chi connectivity index (χ3n) is 3.07. The number of imidazole rings is 1. The van der Waals surface area contributed by atoms with E-state index in [9.17, 15) is 0 Å². The molecule has 0 aliphatic rings. The van der Waals surface area contributed by atoms with Crippen LogP contribution in [0.15, 0.2) is 30.9 Å². The van der Waals surface area contributed by atoms with Crippen LogP contribution in [0.2, 0.25) is 0 Å². The van der Waals surface area contributed by atoms with Gasteiger partial charge < -0.3 is 15.6 Å². The van der Waals surface area contributed by atoms with Crippen molar-refractivity contribution in [2.24, 2.45) is 0 Å². The molecule has 3 aromatic rings. The van der Waals surface area contributed by atoms with E-state index in [1.165, 1.54) is 0 Å². The number of aromatic nitrogens is 5. The van der Waals surface area contributed by atoms with Gasteiger partial charge in [0.1, 0.15) is 5.52 Å². The molecule has 3 rings (SSSR count). The van der Waals surface area contributed by atoms with Gasteiger partial charge in [-0.15, -0.1) is 0 Å². The van der Waals surface area contributed by atoms with E-state index in [-0.39, 0.29) is 6.04 Å². The van der Waals surface area contributed by atoms with Crippen molar-refractivity contribution < 1.29 is 0 Å². The molecule has 102 valence electrons. The molecule has 3 heterocycles. The molecule has 3 aromatic heterocycles. The number of nitrogens with zero attached hydrogens (tertiary/aromatic N) is 4. The van der Waals surface area contributed by atoms with Crippen molar-refractivity contribution in [1.82, 2.24) is 24.9 Å². The number of rotatable bonds is 4. The third kappa shape index (κ3) is 2.25. The first-order valence-corrected chi connectivity index (χ1v) is 6.33. The lowest BCUT2D eigenvalue weighted by molar-refractivity contribution is 0.872. The minimum absolute atomic E-state index is 0.101. The second-order valence-corrected chi connectivity index (χ2v) is 4.39. The van der Waals surface area contributed by atoms with Crippen LogP contribution in [-0.4, -0.2) is 32.0 Å². The van der Waals surface area contributed by atoms with Crippen molar-refractivity contribution in [2.75, 3.05) is 17.7 Å². The number of anilines is 2. The summed E-state index contributed by atoms with van der Waals surface area (Å²) in [5, 5.41) is 6.31. The summed E-state index contributed by atoms with van der Waals surface area (Å²) in [6.07, 6.45) is 5.16. The monoisotopic (exact) mass is 269 g/mol. The number of fused-ring (bicyclic) bond motifs is 1. The lowest BCUT2D eigenvalue weighted by Gasteiger charge is -2.15. The maximum atomic E-state index is 4.44. The highest BCUT2D eigenvalue weighted by Gasteiger charge is 2.12. The predicted octanol–water partition coefficient (Wildman–Crippen LogP) is 1.96. The van der Waals surface area contributed by atoms with Crippen molar-refractivity contribution >= 4 is 22.9 Å². The fourth-order valence-electron chi connectivity index (χ4n) is 1.99. The van der Waals surface area contributed by atoms with Gasteiger partial charge in [0.15, 0.2) is 11.5 Å². The maximum absolute atomic E-state index is 4.44. The first-order chi connectivity index (χ1) is 9.78. The summed E-state index contributed by atoms with van der Waals surface area (Å²) in [5.41, 5.74) is 2.57. The van der Waals surface area contributed by atoms with Crippen molar-refractivity contribution in [3.05, 3.63) is 36.4 Å². The van der Waals surface area contributed by atoms with Crippen LogP contribution in [-0.2, 0) is 0 Å². The molecule has 7 nitrogen and oxygen atoms in total. The lowest BCUT2D eigenvalue weighted by atomic mass is 10.1. The topological polar surface area (TPSA) is 91.4 Å². The zero-order chi connectivity index (χ0) is 13.9. The molecule has 0 amide bonds. The molecule has 20 heavy (non-hydrogen) atoms. The highest BCUT2D eigenvalue weighted by atomic mass is 15.2. The van der Waals surface area contributed by atoms with Crippen molar-refractivity contribution in [1.29, 1.82) is 0 Å². The third-order valence-corrected chi connectivity index (χ3v) is 3.07. The minimum atomic E-state index is 0.101. The van der Waals surface area contributed by atoms with E-state index in [0.717, 1.165) is 16.9 Å². The molecule has 0 radical (unpaired) electrons. The molecule has 0 aliphatic heterocycles. The summed E-state index contributed by atoms with van der Waals surface area (Å²) < 4.78 is 0. The standard InChI is InChI=1S/C13H15N7/c1-8(9-3-5-15-6-4-9)18-12-10-11(17-7-16-10)19-13(14-2)20-12/h3-8H,1-2H3,(H3,14,16,17,18,19,20). The minimum Gasteiger partial charge on any atom is -0.362 e. The average Bonchev–Trinajstić information content (AvgIpc) is 2.96. The Balaban J connectivity index is 1.95. The van der Waals surface area contributed by atoms with E-state index >= 15 is 0 Å². The number of hydrogen-bond acceptors (Lipinski definition) is 6. The molecule has 0 saturated heterocycles. The Bertz CT molecular complexity index is 707. The Labute approximate surface area is 115 Å². The molecule has 7 heteroatoms. The summed E-state index contributed by atoms with van der Waals surface area (Å²) in [7, 11) is 1.78. The fraction of sp³-hybridized carbons (Fsp3) is 0.231. The average molecular weight is 269 g/mol. The van der Waals surface area contributed by atoms with E-state index in [0.29, 0.717) is 11.6 Å². The zero-order valence-corrected chi connectivity index (χ0v) is 11.3. The van der Waals surface area contributed by atoms with Gasteiger partial charge in [0.05, 0.1) is 12.4 Å². The van der Waals surface area contributed by atoms with Gasteiger partial charge in [0.25, 0.3) is 0 Å². The van der Waals surface area contributed by atoms with Crippen LogP contribution in [0.5, 0.6) is 0 Å². The smallest absolute Gasteiger partial charge is 0.226 e. The molecule has 1 atom stereocenters. The van der Waals surface area contributed by atoms with E-state index in [2.05, 4.69) is 42.5 Å². The van der Waals surface area contributed by atoms with Gasteiger partial charge in [-0.2, -0.15) is 9.97 Å². The molecule has 0 aromatic carbocycles. The van der Waals surface area contributed by atoms with E-state index in [4.69, 9.17) is 0 Å². The number of pyridine rings is 1. The van der Waals surface area contributed by atoms with Crippen LogP contribution >= 0.6 is 0 Å². The van der Waals surface area contributed by atoms with Crippen LogP contribution in [0.3, 0.4) is 0 Å². The van der Waals surface area contributed by atoms with Crippen LogP contribution < -0.4 is 10.6 Å². The Hall–Kier alpha value is -2.70. The van der Waals surface area contributed by atoms with E-state index in [1.807, 2.05) is 12.1 Å². The fourth-order valence-corrected chi connectivity index (χ4v) is 1.99. The SMILES string of the molecule is CNc1nc(NC(C)c2ccncc2)c2[nH]cnc2n1. The normalized spacial score (nSPS) is 12.3. The predicted molar refractivity (Wildman–Crippen MR) is 77.5 cm³/mol. The van der Waals surface area contributed by atoms with Crippen molar-refractivity contribution in [3.63, 3.8) is 0 Å². The summed E-state index contributed by atoms with van der Waals surface area (Å²) in [5.74, 6) is 1.26. The summed E-state index contributed by atoms with van der Waals surface area (Å²) >= 11 is 0. The summed E-state index contributed by atoms with van der Waals surface area (Å²) in [6, 6.07) is 4.05. The first-order valence-electron chi connectivity index (χ1n) is 6.33. The molecule has 0 bridgehead atoms. The maximum Gasteiger partial charge on any atom is 0.226 e. The quantitative estimate of drug-likeness (QED) is 0.670. The van der Waals surface area contributed by atoms with Crippen LogP contribution in [0, 0.1) is 0 Å². The van der Waals surface area contributed by atoms with Gasteiger partial charge in [-0.3, -0.25) is 4.98 Å². The van der Waals surface area contributed by atoms with Crippen LogP contribution in [0.1, 0.15) is 18.5 Å². The number of hydrogen-bond donors (Lipinski definition) is 3. The largest absolute Gasteiger partial charge is 0.362 e. The number of nitrogens with one attached hydrogen (secondary N) is 3. The molecule has 3 N–H and O–H groups in total. The first kappa shape index (κ1) is 12.3. The van der Waals surface area contributed by atoms with Gasteiger partial charge in [0.2, 0.25) is 5.95 Å². The van der Waals surface area contributed by atoms with Crippen LogP contribution in [0.4, 0.5) is 11.8 Å². The summed E-state index contributed by atoms with van der Waals surface area (Å²) in [4.78, 5) is 20.0. The molecule has 0 spiro atoms. The molecule has 0 aliphatic carbocycles. The second-order valence-electron chi connectivity index (χ2n) is 4.39. The molecular formula is C13H15N7. The molecule has 0 saturated carbocycles. The van der Waals surface area contributed by atoms with Gasteiger partial charge >= 0.3 is 0 Å². The second kappa shape index (κ2) is 5.12. The Morgan fingerprint density at radius 1 is 1.20 bits per heavy atom. The van der Waals surface area contributed by atoms with Crippen molar-refractivity contribution in [2.45, 2.75) is 13.0 Å². The lowest BCUT2D eigenvalue weighted by Crippen LogP contribution is -2.10. The highest BCUT2D eigenvalue weighted by Crippen LogP contribution is 2.23.